The van der Waals surface area contributed by atoms with Gasteiger partial charge in [0, 0.05) is 5.75 Å². The molecule has 0 saturated heterocycles. The lowest BCUT2D eigenvalue weighted by molar-refractivity contribution is -0.407. The molecule has 0 amide bonds. The molecule has 0 spiro atoms. The number of rotatable bonds is 4. The minimum absolute atomic E-state index is 0.164. The number of nitrogens with zero attached hydrogens (tertiary/aromatic N) is 3. The maximum Gasteiger partial charge on any atom is 0.300 e. The van der Waals surface area contributed by atoms with Crippen molar-refractivity contribution in [1.29, 1.82) is 0 Å². The van der Waals surface area contributed by atoms with E-state index in [2.05, 4.69) is 31.9 Å². The fourth-order valence-corrected chi connectivity index (χ4v) is 6.39. The van der Waals surface area contributed by atoms with Gasteiger partial charge in [-0.2, -0.15) is 11.8 Å². The van der Waals surface area contributed by atoms with Gasteiger partial charge in [0.1, 0.15) is 21.6 Å². The highest BCUT2D eigenvalue weighted by molar-refractivity contribution is 7.99. The Labute approximate surface area is 192 Å². The average Bonchev–Trinajstić information content (AvgIpc) is 2.68. The molecule has 2 rings (SSSR count). The number of thioether (sulfide) groups is 1. The van der Waals surface area contributed by atoms with Crippen LogP contribution in [0, 0.1) is 30.3 Å². The van der Waals surface area contributed by atoms with Crippen molar-refractivity contribution in [3.05, 3.63) is 53.6 Å². The van der Waals surface area contributed by atoms with E-state index in [-0.39, 0.29) is 12.1 Å². The summed E-state index contributed by atoms with van der Waals surface area (Å²) >= 11 is 2.11. The quantitative estimate of drug-likeness (QED) is 0.191. The van der Waals surface area contributed by atoms with E-state index in [0.717, 1.165) is 0 Å². The molecule has 1 atom stereocenters. The Morgan fingerprint density at radius 1 is 0.938 bits per heavy atom. The van der Waals surface area contributed by atoms with Crippen LogP contribution in [0.2, 0.25) is 0 Å². The fourth-order valence-electron chi connectivity index (χ4n) is 2.68. The van der Waals surface area contributed by atoms with Gasteiger partial charge in [-0.15, -0.1) is 0 Å². The second-order valence-corrected chi connectivity index (χ2v) is 11.7. The first-order valence-corrected chi connectivity index (χ1v) is 13.7. The minimum Gasteiger partial charge on any atom is -0.744 e. The van der Waals surface area contributed by atoms with Gasteiger partial charge in [-0.1, -0.05) is 5.57 Å². The molecule has 1 aliphatic rings. The lowest BCUT2D eigenvalue weighted by Crippen LogP contribution is -2.13. The maximum atomic E-state index is 10.8. The topological polar surface area (TPSA) is 187 Å². The molecule has 0 radical (unpaired) electrons. The van der Waals surface area contributed by atoms with Gasteiger partial charge >= 0.3 is 11.4 Å². The highest BCUT2D eigenvalue weighted by Gasteiger charge is 2.34. The van der Waals surface area contributed by atoms with Gasteiger partial charge in [-0.05, 0) is 48.9 Å². The molecule has 0 fully saturated rings. The molecular weight excluding hydrogens is 486 g/mol. The van der Waals surface area contributed by atoms with Crippen LogP contribution in [0.15, 0.2) is 28.2 Å². The van der Waals surface area contributed by atoms with Gasteiger partial charge in [0.2, 0.25) is 4.90 Å². The molecule has 0 bridgehead atoms. The van der Waals surface area contributed by atoms with E-state index in [1.807, 2.05) is 0 Å². The third-order valence-corrected chi connectivity index (χ3v) is 8.47. The zero-order valence-electron chi connectivity index (χ0n) is 17.6. The van der Waals surface area contributed by atoms with Crippen molar-refractivity contribution < 1.29 is 27.7 Å². The first-order valence-electron chi connectivity index (χ1n) is 9.15. The van der Waals surface area contributed by atoms with E-state index in [9.17, 15) is 43.3 Å². The summed E-state index contributed by atoms with van der Waals surface area (Å²) in [7, 11) is -4.91. The highest BCUT2D eigenvalue weighted by Crippen LogP contribution is 2.36. The molecule has 12 nitrogen and oxygen atoms in total. The predicted octanol–water partition coefficient (Wildman–Crippen LogP) is 3.41. The van der Waals surface area contributed by atoms with Crippen LogP contribution in [0.4, 0.5) is 17.1 Å². The molecule has 178 valence electrons. The van der Waals surface area contributed by atoms with Crippen LogP contribution >= 0.6 is 11.8 Å². The minimum atomic E-state index is -5.55. The van der Waals surface area contributed by atoms with Crippen molar-refractivity contribution in [2.24, 2.45) is 0 Å². The molecule has 0 saturated carbocycles. The molecule has 0 aromatic heterocycles. The number of nitro benzene ring substituents is 3. The van der Waals surface area contributed by atoms with E-state index in [4.69, 9.17) is 0 Å². The van der Waals surface area contributed by atoms with Crippen LogP contribution in [0.5, 0.6) is 0 Å². The van der Waals surface area contributed by atoms with E-state index in [0.29, 0.717) is 10.9 Å². The second-order valence-electron chi connectivity index (χ2n) is 6.99. The van der Waals surface area contributed by atoms with Crippen LogP contribution in [0.25, 0.3) is 0 Å². The molecule has 0 aliphatic carbocycles. The van der Waals surface area contributed by atoms with E-state index in [1.54, 1.807) is 11.1 Å². The smallest absolute Gasteiger partial charge is 0.300 e. The maximum absolute atomic E-state index is 10.8. The summed E-state index contributed by atoms with van der Waals surface area (Å²) in [6.45, 7) is 4.63. The predicted molar refractivity (Wildman–Crippen MR) is 122 cm³/mol. The Morgan fingerprint density at radius 2 is 1.47 bits per heavy atom. The Morgan fingerprint density at radius 3 is 1.91 bits per heavy atom. The standard InChI is InChI=1S/C11H21S2.C6H3N3O9S/c1-10-8-12-6-4-5-7-13(3)9-11(10)2;10-7(11)3-1-4(8(12)13)6(19(16,17)18)5(2-3)9(14)15/h4-9H2,1-3H3;1-2H,(H,16,17,18)/q+1;/p-1/b11-10-;. The summed E-state index contributed by atoms with van der Waals surface area (Å²) in [5, 5.41) is 31.6. The van der Waals surface area contributed by atoms with E-state index < -0.39 is 46.8 Å². The monoisotopic (exact) mass is 509 g/mol. The Kier molecular flexibility index (Phi) is 10.5. The zero-order chi connectivity index (χ0) is 24.6. The van der Waals surface area contributed by atoms with E-state index >= 15 is 0 Å². The summed E-state index contributed by atoms with van der Waals surface area (Å²) in [6.07, 6.45) is 5.29. The number of hydrogen-bond donors (Lipinski definition) is 0. The van der Waals surface area contributed by atoms with Crippen molar-refractivity contribution in [2.45, 2.75) is 31.6 Å². The van der Waals surface area contributed by atoms with E-state index in [1.165, 1.54) is 35.9 Å². The Balaban J connectivity index is 0.000000343. The average molecular weight is 510 g/mol. The molecule has 15 heteroatoms. The van der Waals surface area contributed by atoms with Gasteiger partial charge in [-0.3, -0.25) is 30.3 Å². The normalized spacial score (nSPS) is 19.9. The van der Waals surface area contributed by atoms with Crippen molar-refractivity contribution in [3.63, 3.8) is 0 Å². The SMILES string of the molecule is C/C1=C(\C)C[S+](C)CCCCSC1.O=[N+]([O-])c1cc([N+](=O)[O-])c(S(=O)(=O)[O-])c([N+](=O)[O-])c1. The first-order chi connectivity index (χ1) is 14.8. The highest BCUT2D eigenvalue weighted by atomic mass is 32.2. The molecule has 1 unspecified atom stereocenters. The van der Waals surface area contributed by atoms with Gasteiger partial charge in [0.05, 0.1) is 33.2 Å². The largest absolute Gasteiger partial charge is 0.744 e. The second kappa shape index (κ2) is 12.1. The zero-order valence-corrected chi connectivity index (χ0v) is 20.1. The van der Waals surface area contributed by atoms with Gasteiger partial charge in [-0.25, -0.2) is 8.42 Å². The van der Waals surface area contributed by atoms with Crippen molar-refractivity contribution in [3.8, 4) is 0 Å². The van der Waals surface area contributed by atoms with Crippen molar-refractivity contribution >= 4 is 49.8 Å². The van der Waals surface area contributed by atoms with Gasteiger partial charge in [0.25, 0.3) is 5.69 Å². The van der Waals surface area contributed by atoms with Crippen LogP contribution in [-0.4, -0.2) is 57.0 Å². The molecule has 1 aliphatic heterocycles. The van der Waals surface area contributed by atoms with Crippen LogP contribution in [0.3, 0.4) is 0 Å². The molecule has 0 N–H and O–H groups in total. The Bertz CT molecular complexity index is 990. The lowest BCUT2D eigenvalue weighted by atomic mass is 10.2. The Hall–Kier alpha value is -2.23. The third kappa shape index (κ3) is 8.37. The van der Waals surface area contributed by atoms with Crippen LogP contribution < -0.4 is 0 Å². The molecule has 1 aromatic rings. The first kappa shape index (κ1) is 27.8. The lowest BCUT2D eigenvalue weighted by Gasteiger charge is -2.11. The number of nitro groups is 3. The van der Waals surface area contributed by atoms with Crippen LogP contribution in [0.1, 0.15) is 26.7 Å². The molecule has 1 heterocycles. The van der Waals surface area contributed by atoms with Gasteiger partial charge < -0.3 is 4.55 Å². The molecule has 1 aromatic carbocycles. The summed E-state index contributed by atoms with van der Waals surface area (Å²) in [5.41, 5.74) is -0.830. The summed E-state index contributed by atoms with van der Waals surface area (Å²) in [5.74, 6) is 5.43. The number of benzene rings is 1. The number of hydrogen-bond acceptors (Lipinski definition) is 10. The van der Waals surface area contributed by atoms with Crippen molar-refractivity contribution in [1.82, 2.24) is 0 Å². The third-order valence-electron chi connectivity index (χ3n) is 4.43. The molecular formula is C17H23N3O9S3. The van der Waals surface area contributed by atoms with Crippen molar-refractivity contribution in [2.75, 3.05) is 29.3 Å². The number of non-ortho nitro benzene ring substituents is 1. The van der Waals surface area contributed by atoms with Gasteiger partial charge in [0.15, 0.2) is 0 Å². The molecule has 32 heavy (non-hydrogen) atoms. The summed E-state index contributed by atoms with van der Waals surface area (Å²) in [6, 6.07) is 0.329. The van der Waals surface area contributed by atoms with Crippen LogP contribution in [-0.2, 0) is 21.0 Å². The fraction of sp³-hybridized carbons (Fsp3) is 0.529. The summed E-state index contributed by atoms with van der Waals surface area (Å²) < 4.78 is 32.5. The summed E-state index contributed by atoms with van der Waals surface area (Å²) in [4.78, 5) is 25.8.